The van der Waals surface area contributed by atoms with Crippen molar-refractivity contribution >= 4 is 17.3 Å². The van der Waals surface area contributed by atoms with Crippen LogP contribution in [-0.2, 0) is 4.79 Å². The average molecular weight is 332 g/mol. The van der Waals surface area contributed by atoms with Crippen LogP contribution in [0.2, 0.25) is 0 Å². The van der Waals surface area contributed by atoms with Crippen molar-refractivity contribution in [3.8, 4) is 5.75 Å². The van der Waals surface area contributed by atoms with Crippen LogP contribution in [0.5, 0.6) is 5.75 Å². The zero-order valence-electron chi connectivity index (χ0n) is 13.5. The van der Waals surface area contributed by atoms with Crippen molar-refractivity contribution in [2.75, 3.05) is 23.8 Å². The standard InChI is InChI=1S/C18H21FN2O3/c1-13(11-18(23)21-16-4-2-3-14(19)12-16)20-15-5-7-17(8-6-15)24-10-9-22/h2-8,12-13,20,22H,9-11H2,1H3,(H,21,23). The van der Waals surface area contributed by atoms with Crippen molar-refractivity contribution < 1.29 is 19.0 Å². The van der Waals surface area contributed by atoms with Gasteiger partial charge >= 0.3 is 0 Å². The molecule has 0 aliphatic rings. The molecule has 1 atom stereocenters. The Bertz CT molecular complexity index is 662. The van der Waals surface area contributed by atoms with Crippen LogP contribution in [0.25, 0.3) is 0 Å². The number of rotatable bonds is 8. The van der Waals surface area contributed by atoms with Crippen LogP contribution in [0.4, 0.5) is 15.8 Å². The van der Waals surface area contributed by atoms with Gasteiger partial charge in [0.2, 0.25) is 5.91 Å². The molecule has 0 aliphatic heterocycles. The van der Waals surface area contributed by atoms with Crippen LogP contribution in [0.15, 0.2) is 48.5 Å². The van der Waals surface area contributed by atoms with E-state index < -0.39 is 0 Å². The third-order valence-electron chi connectivity index (χ3n) is 3.23. The van der Waals surface area contributed by atoms with E-state index in [1.807, 2.05) is 19.1 Å². The number of carbonyl (C=O) groups is 1. The summed E-state index contributed by atoms with van der Waals surface area (Å²) in [6.07, 6.45) is 0.249. The lowest BCUT2D eigenvalue weighted by molar-refractivity contribution is -0.116. The zero-order valence-corrected chi connectivity index (χ0v) is 13.5. The highest BCUT2D eigenvalue weighted by Gasteiger charge is 2.10. The summed E-state index contributed by atoms with van der Waals surface area (Å²) in [7, 11) is 0. The Hall–Kier alpha value is -2.60. The summed E-state index contributed by atoms with van der Waals surface area (Å²) in [5, 5.41) is 14.6. The van der Waals surface area contributed by atoms with E-state index in [4.69, 9.17) is 9.84 Å². The number of aliphatic hydroxyl groups is 1. The zero-order chi connectivity index (χ0) is 17.4. The van der Waals surface area contributed by atoms with Crippen molar-refractivity contribution in [2.45, 2.75) is 19.4 Å². The molecule has 6 heteroatoms. The highest BCUT2D eigenvalue weighted by atomic mass is 19.1. The lowest BCUT2D eigenvalue weighted by Gasteiger charge is -2.15. The first kappa shape index (κ1) is 17.7. The maximum atomic E-state index is 13.1. The second kappa shape index (κ2) is 8.88. The van der Waals surface area contributed by atoms with Gasteiger partial charge in [-0.2, -0.15) is 0 Å². The maximum absolute atomic E-state index is 13.1. The molecule has 3 N–H and O–H groups in total. The van der Waals surface area contributed by atoms with Crippen LogP contribution in [0.3, 0.4) is 0 Å². The molecule has 0 heterocycles. The number of aliphatic hydroxyl groups excluding tert-OH is 1. The molecule has 0 saturated carbocycles. The largest absolute Gasteiger partial charge is 0.491 e. The molecule has 24 heavy (non-hydrogen) atoms. The van der Waals surface area contributed by atoms with Gasteiger partial charge in [-0.25, -0.2) is 4.39 Å². The molecule has 1 unspecified atom stereocenters. The summed E-state index contributed by atoms with van der Waals surface area (Å²) < 4.78 is 18.4. The monoisotopic (exact) mass is 332 g/mol. The van der Waals surface area contributed by atoms with Crippen molar-refractivity contribution in [3.63, 3.8) is 0 Å². The molecular weight excluding hydrogens is 311 g/mol. The fourth-order valence-electron chi connectivity index (χ4n) is 2.20. The molecule has 0 radical (unpaired) electrons. The normalized spacial score (nSPS) is 11.6. The Labute approximate surface area is 140 Å². The van der Waals surface area contributed by atoms with Gasteiger partial charge in [0.1, 0.15) is 18.2 Å². The first-order valence-corrected chi connectivity index (χ1v) is 7.72. The Morgan fingerprint density at radius 3 is 2.62 bits per heavy atom. The number of ether oxygens (including phenoxy) is 1. The number of halogens is 1. The van der Waals surface area contributed by atoms with Gasteiger partial charge in [0, 0.05) is 23.8 Å². The molecule has 0 aromatic heterocycles. The van der Waals surface area contributed by atoms with Gasteiger partial charge in [0.05, 0.1) is 6.61 Å². The summed E-state index contributed by atoms with van der Waals surface area (Å²) in [6.45, 7) is 2.11. The highest BCUT2D eigenvalue weighted by Crippen LogP contribution is 2.17. The Morgan fingerprint density at radius 1 is 1.21 bits per heavy atom. The second-order valence-corrected chi connectivity index (χ2v) is 5.40. The molecule has 0 fully saturated rings. The van der Waals surface area contributed by atoms with E-state index in [0.29, 0.717) is 11.4 Å². The summed E-state index contributed by atoms with van der Waals surface area (Å²) in [4.78, 5) is 12.0. The second-order valence-electron chi connectivity index (χ2n) is 5.40. The summed E-state index contributed by atoms with van der Waals surface area (Å²) in [5.41, 5.74) is 1.30. The minimum Gasteiger partial charge on any atom is -0.491 e. The Balaban J connectivity index is 1.81. The lowest BCUT2D eigenvalue weighted by Crippen LogP contribution is -2.23. The molecule has 1 amide bonds. The number of benzene rings is 2. The predicted octanol–water partition coefficient (Wildman–Crippen LogP) is 3.03. The summed E-state index contributed by atoms with van der Waals surface area (Å²) in [6, 6.07) is 13.0. The van der Waals surface area contributed by atoms with Crippen molar-refractivity contribution in [3.05, 3.63) is 54.3 Å². The fraction of sp³-hybridized carbons (Fsp3) is 0.278. The van der Waals surface area contributed by atoms with Crippen molar-refractivity contribution in [2.24, 2.45) is 0 Å². The van der Waals surface area contributed by atoms with Gasteiger partial charge in [0.15, 0.2) is 0 Å². The number of anilines is 2. The van der Waals surface area contributed by atoms with E-state index in [0.717, 1.165) is 5.69 Å². The third kappa shape index (κ3) is 5.89. The van der Waals surface area contributed by atoms with Crippen LogP contribution in [-0.4, -0.2) is 30.3 Å². The van der Waals surface area contributed by atoms with E-state index in [2.05, 4.69) is 10.6 Å². The SMILES string of the molecule is CC(CC(=O)Nc1cccc(F)c1)Nc1ccc(OCCO)cc1. The van der Waals surface area contributed by atoms with Crippen molar-refractivity contribution in [1.82, 2.24) is 0 Å². The van der Waals surface area contributed by atoms with E-state index in [1.54, 1.807) is 24.3 Å². The maximum Gasteiger partial charge on any atom is 0.226 e. The quantitative estimate of drug-likeness (QED) is 0.695. The number of hydrogen-bond acceptors (Lipinski definition) is 4. The van der Waals surface area contributed by atoms with Gasteiger partial charge in [-0.15, -0.1) is 0 Å². The fourth-order valence-corrected chi connectivity index (χ4v) is 2.20. The van der Waals surface area contributed by atoms with E-state index in [1.165, 1.54) is 12.1 Å². The van der Waals surface area contributed by atoms with E-state index in [9.17, 15) is 9.18 Å². The minimum absolute atomic E-state index is 0.0303. The molecule has 2 aromatic rings. The predicted molar refractivity (Wildman–Crippen MR) is 91.8 cm³/mol. The number of nitrogens with one attached hydrogen (secondary N) is 2. The summed E-state index contributed by atoms with van der Waals surface area (Å²) >= 11 is 0. The topological polar surface area (TPSA) is 70.6 Å². The molecule has 0 aliphatic carbocycles. The number of hydrogen-bond donors (Lipinski definition) is 3. The number of amides is 1. The van der Waals surface area contributed by atoms with Gasteiger partial charge < -0.3 is 20.5 Å². The van der Waals surface area contributed by atoms with Crippen LogP contribution >= 0.6 is 0 Å². The minimum atomic E-state index is -0.387. The van der Waals surface area contributed by atoms with Crippen molar-refractivity contribution in [1.29, 1.82) is 0 Å². The molecule has 2 aromatic carbocycles. The first-order chi connectivity index (χ1) is 11.6. The van der Waals surface area contributed by atoms with Gasteiger partial charge in [-0.3, -0.25) is 4.79 Å². The number of carbonyl (C=O) groups excluding carboxylic acids is 1. The molecule has 5 nitrogen and oxygen atoms in total. The molecular formula is C18H21FN2O3. The Kier molecular flexibility index (Phi) is 6.57. The Morgan fingerprint density at radius 2 is 1.96 bits per heavy atom. The smallest absolute Gasteiger partial charge is 0.226 e. The van der Waals surface area contributed by atoms with Gasteiger partial charge in [-0.05, 0) is 49.4 Å². The van der Waals surface area contributed by atoms with E-state index in [-0.39, 0.29) is 37.4 Å². The van der Waals surface area contributed by atoms with Crippen LogP contribution in [0, 0.1) is 5.82 Å². The molecule has 128 valence electrons. The lowest BCUT2D eigenvalue weighted by atomic mass is 10.2. The molecule has 0 bridgehead atoms. The first-order valence-electron chi connectivity index (χ1n) is 7.72. The van der Waals surface area contributed by atoms with E-state index >= 15 is 0 Å². The highest BCUT2D eigenvalue weighted by molar-refractivity contribution is 5.91. The molecule has 2 rings (SSSR count). The summed E-state index contributed by atoms with van der Waals surface area (Å²) in [5.74, 6) is 0.0945. The van der Waals surface area contributed by atoms with Crippen LogP contribution in [0.1, 0.15) is 13.3 Å². The van der Waals surface area contributed by atoms with Gasteiger partial charge in [-0.1, -0.05) is 6.07 Å². The van der Waals surface area contributed by atoms with Gasteiger partial charge in [0.25, 0.3) is 0 Å². The molecule has 0 spiro atoms. The van der Waals surface area contributed by atoms with Crippen LogP contribution < -0.4 is 15.4 Å². The third-order valence-corrected chi connectivity index (χ3v) is 3.23. The average Bonchev–Trinajstić information content (AvgIpc) is 2.54. The molecule has 0 saturated heterocycles.